The standard InChI is InChI=1S/C13H24N2O4/c1-4-7-15(10-12(16)17)13(18)14-6-9-19-8-5-11(2)3/h4,11H,1,5-10H2,2-3H3,(H,14,18)(H,16,17). The van der Waals surface area contributed by atoms with Crippen LogP contribution in [0.2, 0.25) is 0 Å². The van der Waals surface area contributed by atoms with E-state index in [2.05, 4.69) is 25.7 Å². The van der Waals surface area contributed by atoms with Crippen molar-refractivity contribution in [3.63, 3.8) is 0 Å². The Hall–Kier alpha value is -1.56. The summed E-state index contributed by atoms with van der Waals surface area (Å²) in [4.78, 5) is 23.4. The Labute approximate surface area is 114 Å². The molecule has 2 N–H and O–H groups in total. The number of amides is 2. The Bertz CT molecular complexity index is 292. The molecule has 110 valence electrons. The molecular weight excluding hydrogens is 248 g/mol. The van der Waals surface area contributed by atoms with Crippen LogP contribution >= 0.6 is 0 Å². The lowest BCUT2D eigenvalue weighted by atomic mass is 10.1. The Morgan fingerprint density at radius 1 is 1.42 bits per heavy atom. The summed E-state index contributed by atoms with van der Waals surface area (Å²) < 4.78 is 5.35. The minimum atomic E-state index is -1.05. The van der Waals surface area contributed by atoms with Crippen LogP contribution < -0.4 is 5.32 Å². The molecule has 0 aliphatic heterocycles. The summed E-state index contributed by atoms with van der Waals surface area (Å²) >= 11 is 0. The van der Waals surface area contributed by atoms with Crippen LogP contribution in [0.3, 0.4) is 0 Å². The van der Waals surface area contributed by atoms with E-state index in [1.807, 2.05) is 0 Å². The second kappa shape index (κ2) is 10.4. The van der Waals surface area contributed by atoms with E-state index < -0.39 is 12.0 Å². The lowest BCUT2D eigenvalue weighted by Gasteiger charge is -2.19. The van der Waals surface area contributed by atoms with E-state index in [0.29, 0.717) is 25.7 Å². The number of aliphatic carboxylic acids is 1. The van der Waals surface area contributed by atoms with Gasteiger partial charge in [0.15, 0.2) is 0 Å². The first-order valence-corrected chi connectivity index (χ1v) is 6.40. The number of carboxylic acid groups (broad SMARTS) is 1. The van der Waals surface area contributed by atoms with Gasteiger partial charge in [-0.15, -0.1) is 6.58 Å². The van der Waals surface area contributed by atoms with Gasteiger partial charge in [0.2, 0.25) is 0 Å². The molecule has 0 fully saturated rings. The van der Waals surface area contributed by atoms with Gasteiger partial charge in [0.25, 0.3) is 0 Å². The van der Waals surface area contributed by atoms with Crippen molar-refractivity contribution in [1.29, 1.82) is 0 Å². The molecule has 0 rings (SSSR count). The molecule has 0 heterocycles. The van der Waals surface area contributed by atoms with Gasteiger partial charge in [0, 0.05) is 19.7 Å². The second-order valence-corrected chi connectivity index (χ2v) is 4.59. The molecule has 2 amide bonds. The molecule has 0 spiro atoms. The Morgan fingerprint density at radius 3 is 2.63 bits per heavy atom. The van der Waals surface area contributed by atoms with Crippen molar-refractivity contribution in [1.82, 2.24) is 10.2 Å². The van der Waals surface area contributed by atoms with Gasteiger partial charge >= 0.3 is 12.0 Å². The van der Waals surface area contributed by atoms with Gasteiger partial charge in [-0.25, -0.2) is 4.79 Å². The Morgan fingerprint density at radius 2 is 2.11 bits per heavy atom. The molecule has 0 bridgehead atoms. The first-order chi connectivity index (χ1) is 8.97. The molecule has 6 heteroatoms. The zero-order chi connectivity index (χ0) is 14.7. The summed E-state index contributed by atoms with van der Waals surface area (Å²) in [7, 11) is 0. The number of rotatable bonds is 10. The fourth-order valence-corrected chi connectivity index (χ4v) is 1.30. The average molecular weight is 272 g/mol. The third-order valence-corrected chi connectivity index (χ3v) is 2.32. The molecule has 0 aromatic rings. The molecule has 0 atom stereocenters. The smallest absolute Gasteiger partial charge is 0.323 e. The monoisotopic (exact) mass is 272 g/mol. The van der Waals surface area contributed by atoms with Crippen LogP contribution in [0, 0.1) is 5.92 Å². The Balaban J connectivity index is 3.80. The molecule has 0 unspecified atom stereocenters. The highest BCUT2D eigenvalue weighted by Crippen LogP contribution is 1.98. The van der Waals surface area contributed by atoms with Crippen molar-refractivity contribution < 1.29 is 19.4 Å². The zero-order valence-electron chi connectivity index (χ0n) is 11.7. The van der Waals surface area contributed by atoms with Crippen LogP contribution in [-0.4, -0.2) is 54.9 Å². The van der Waals surface area contributed by atoms with Gasteiger partial charge in [-0.3, -0.25) is 4.79 Å². The summed E-state index contributed by atoms with van der Waals surface area (Å²) in [6.45, 7) is 9.03. The predicted molar refractivity (Wildman–Crippen MR) is 73.1 cm³/mol. The normalized spacial score (nSPS) is 10.3. The molecule has 0 aromatic carbocycles. The third-order valence-electron chi connectivity index (χ3n) is 2.32. The number of nitrogens with zero attached hydrogens (tertiary/aromatic N) is 1. The average Bonchev–Trinajstić information content (AvgIpc) is 2.31. The van der Waals surface area contributed by atoms with Gasteiger partial charge in [0.05, 0.1) is 6.61 Å². The van der Waals surface area contributed by atoms with E-state index in [-0.39, 0.29) is 13.1 Å². The summed E-state index contributed by atoms with van der Waals surface area (Å²) in [5.41, 5.74) is 0. The van der Waals surface area contributed by atoms with E-state index in [9.17, 15) is 9.59 Å². The number of ether oxygens (including phenoxy) is 1. The Kier molecular flexibility index (Phi) is 9.52. The summed E-state index contributed by atoms with van der Waals surface area (Å²) in [6.07, 6.45) is 2.47. The maximum absolute atomic E-state index is 11.7. The highest BCUT2D eigenvalue weighted by atomic mass is 16.5. The van der Waals surface area contributed by atoms with Gasteiger partial charge in [-0.2, -0.15) is 0 Å². The van der Waals surface area contributed by atoms with E-state index in [0.717, 1.165) is 6.42 Å². The zero-order valence-corrected chi connectivity index (χ0v) is 11.7. The highest BCUT2D eigenvalue weighted by molar-refractivity contribution is 5.80. The highest BCUT2D eigenvalue weighted by Gasteiger charge is 2.14. The molecule has 19 heavy (non-hydrogen) atoms. The van der Waals surface area contributed by atoms with Crippen molar-refractivity contribution in [2.75, 3.05) is 32.8 Å². The lowest BCUT2D eigenvalue weighted by Crippen LogP contribution is -2.43. The second-order valence-electron chi connectivity index (χ2n) is 4.59. The topological polar surface area (TPSA) is 78.9 Å². The minimum Gasteiger partial charge on any atom is -0.480 e. The number of hydrogen-bond acceptors (Lipinski definition) is 3. The quantitative estimate of drug-likeness (QED) is 0.464. The van der Waals surface area contributed by atoms with Gasteiger partial charge in [-0.1, -0.05) is 19.9 Å². The number of nitrogens with one attached hydrogen (secondary N) is 1. The van der Waals surface area contributed by atoms with Crippen LogP contribution in [0.15, 0.2) is 12.7 Å². The first kappa shape index (κ1) is 17.4. The summed E-state index contributed by atoms with van der Waals surface area (Å²) in [5, 5.41) is 11.3. The van der Waals surface area contributed by atoms with E-state index in [4.69, 9.17) is 9.84 Å². The van der Waals surface area contributed by atoms with Crippen molar-refractivity contribution >= 4 is 12.0 Å². The van der Waals surface area contributed by atoms with Crippen molar-refractivity contribution in [2.45, 2.75) is 20.3 Å². The van der Waals surface area contributed by atoms with Crippen LogP contribution in [0.5, 0.6) is 0 Å². The van der Waals surface area contributed by atoms with Crippen LogP contribution in [-0.2, 0) is 9.53 Å². The minimum absolute atomic E-state index is 0.201. The van der Waals surface area contributed by atoms with Gasteiger partial charge in [0.1, 0.15) is 6.54 Å². The number of carbonyl (C=O) groups excluding carboxylic acids is 1. The largest absolute Gasteiger partial charge is 0.480 e. The van der Waals surface area contributed by atoms with Crippen LogP contribution in [0.4, 0.5) is 4.79 Å². The molecule has 6 nitrogen and oxygen atoms in total. The maximum Gasteiger partial charge on any atom is 0.323 e. The van der Waals surface area contributed by atoms with Crippen molar-refractivity contribution in [3.8, 4) is 0 Å². The molecule has 0 saturated heterocycles. The van der Waals surface area contributed by atoms with Crippen molar-refractivity contribution in [2.24, 2.45) is 5.92 Å². The molecule has 0 aromatic heterocycles. The predicted octanol–water partition coefficient (Wildman–Crippen LogP) is 1.33. The molecule has 0 saturated carbocycles. The molecular formula is C13H24N2O4. The molecule has 0 radical (unpaired) electrons. The molecule has 0 aliphatic carbocycles. The summed E-state index contributed by atoms with van der Waals surface area (Å²) in [6, 6.07) is -0.422. The van der Waals surface area contributed by atoms with Gasteiger partial charge in [-0.05, 0) is 12.3 Å². The number of hydrogen-bond donors (Lipinski definition) is 2. The number of carboxylic acids is 1. The van der Waals surface area contributed by atoms with Gasteiger partial charge < -0.3 is 20.1 Å². The molecule has 0 aliphatic rings. The van der Waals surface area contributed by atoms with E-state index in [1.165, 1.54) is 11.0 Å². The fourth-order valence-electron chi connectivity index (χ4n) is 1.30. The SMILES string of the molecule is C=CCN(CC(=O)O)C(=O)NCCOCCC(C)C. The lowest BCUT2D eigenvalue weighted by molar-refractivity contribution is -0.137. The summed E-state index contributed by atoms with van der Waals surface area (Å²) in [5.74, 6) is -0.460. The third kappa shape index (κ3) is 10.1. The van der Waals surface area contributed by atoms with Crippen molar-refractivity contribution in [3.05, 3.63) is 12.7 Å². The maximum atomic E-state index is 11.7. The van der Waals surface area contributed by atoms with E-state index >= 15 is 0 Å². The fraction of sp³-hybridized carbons (Fsp3) is 0.692. The van der Waals surface area contributed by atoms with Crippen LogP contribution in [0.25, 0.3) is 0 Å². The number of carbonyl (C=O) groups is 2. The van der Waals surface area contributed by atoms with Crippen LogP contribution in [0.1, 0.15) is 20.3 Å². The first-order valence-electron chi connectivity index (χ1n) is 6.40. The number of urea groups is 1. The van der Waals surface area contributed by atoms with E-state index in [1.54, 1.807) is 0 Å².